The van der Waals surface area contributed by atoms with Gasteiger partial charge in [0.25, 0.3) is 5.91 Å². The number of nitrogens with one attached hydrogen (secondary N) is 1. The van der Waals surface area contributed by atoms with Crippen molar-refractivity contribution in [2.24, 2.45) is 0 Å². The van der Waals surface area contributed by atoms with E-state index in [0.29, 0.717) is 17.2 Å². The molecule has 4 nitrogen and oxygen atoms in total. The molecule has 0 spiro atoms. The number of carbonyl (C=O) groups excluding carboxylic acids is 2. The number of hydrogen-bond acceptors (Lipinski definition) is 3. The lowest BCUT2D eigenvalue weighted by Crippen LogP contribution is -2.46. The highest BCUT2D eigenvalue weighted by Crippen LogP contribution is 2.36. The van der Waals surface area contributed by atoms with Gasteiger partial charge in [-0.2, -0.15) is 0 Å². The van der Waals surface area contributed by atoms with Crippen LogP contribution in [0.5, 0.6) is 0 Å². The van der Waals surface area contributed by atoms with Gasteiger partial charge in [0.1, 0.15) is 0 Å². The van der Waals surface area contributed by atoms with E-state index < -0.39 is 0 Å². The zero-order valence-corrected chi connectivity index (χ0v) is 15.3. The number of ketones is 1. The van der Waals surface area contributed by atoms with Crippen LogP contribution in [-0.4, -0.2) is 41.8 Å². The summed E-state index contributed by atoms with van der Waals surface area (Å²) in [5.41, 5.74) is 3.80. The van der Waals surface area contributed by atoms with Gasteiger partial charge in [-0.25, -0.2) is 0 Å². The van der Waals surface area contributed by atoms with E-state index in [0.717, 1.165) is 42.6 Å². The van der Waals surface area contributed by atoms with Gasteiger partial charge in [0.2, 0.25) is 0 Å². The molecule has 2 aromatic carbocycles. The predicted molar refractivity (Wildman–Crippen MR) is 103 cm³/mol. The standard InChI is InChI=1S/C22H24N2O2/c1-14(2)24-11-9-16(10-12-24)23-22(26)15-7-8-18-17-5-3-4-6-19(17)21(25)20(18)13-15/h3-8,13-14,16H,9-12H2,1-2H3,(H,23,26). The van der Waals surface area contributed by atoms with E-state index in [-0.39, 0.29) is 17.7 Å². The summed E-state index contributed by atoms with van der Waals surface area (Å²) >= 11 is 0. The number of fused-ring (bicyclic) bond motifs is 3. The van der Waals surface area contributed by atoms with Gasteiger partial charge in [-0.1, -0.05) is 30.3 Å². The monoisotopic (exact) mass is 348 g/mol. The summed E-state index contributed by atoms with van der Waals surface area (Å²) in [6.45, 7) is 6.44. The first-order chi connectivity index (χ1) is 12.5. The Bertz CT molecular complexity index is 864. The molecule has 26 heavy (non-hydrogen) atoms. The summed E-state index contributed by atoms with van der Waals surface area (Å²) < 4.78 is 0. The first kappa shape index (κ1) is 17.0. The van der Waals surface area contributed by atoms with Crippen molar-refractivity contribution in [3.8, 4) is 11.1 Å². The minimum Gasteiger partial charge on any atom is -0.349 e. The van der Waals surface area contributed by atoms with Crippen LogP contribution in [0.25, 0.3) is 11.1 Å². The van der Waals surface area contributed by atoms with Gasteiger partial charge >= 0.3 is 0 Å². The number of amides is 1. The van der Waals surface area contributed by atoms with Crippen molar-refractivity contribution in [3.63, 3.8) is 0 Å². The fraction of sp³-hybridized carbons (Fsp3) is 0.364. The zero-order chi connectivity index (χ0) is 18.3. The molecule has 1 aliphatic carbocycles. The molecule has 1 aliphatic heterocycles. The van der Waals surface area contributed by atoms with Gasteiger partial charge in [-0.05, 0) is 49.9 Å². The van der Waals surface area contributed by atoms with E-state index in [4.69, 9.17) is 0 Å². The Balaban J connectivity index is 1.48. The van der Waals surface area contributed by atoms with Crippen LogP contribution in [0.3, 0.4) is 0 Å². The van der Waals surface area contributed by atoms with E-state index in [1.54, 1.807) is 6.07 Å². The Morgan fingerprint density at radius 2 is 1.65 bits per heavy atom. The molecule has 0 atom stereocenters. The van der Waals surface area contributed by atoms with Crippen LogP contribution in [0.2, 0.25) is 0 Å². The third kappa shape index (κ3) is 2.95. The highest BCUT2D eigenvalue weighted by Gasteiger charge is 2.28. The van der Waals surface area contributed by atoms with Crippen LogP contribution in [0, 0.1) is 0 Å². The molecule has 1 amide bonds. The largest absolute Gasteiger partial charge is 0.349 e. The van der Waals surface area contributed by atoms with E-state index in [1.807, 2.05) is 36.4 Å². The summed E-state index contributed by atoms with van der Waals surface area (Å²) in [5.74, 6) is -0.0740. The molecule has 4 rings (SSSR count). The first-order valence-corrected chi connectivity index (χ1v) is 9.37. The number of benzene rings is 2. The van der Waals surface area contributed by atoms with Crippen molar-refractivity contribution < 1.29 is 9.59 Å². The Morgan fingerprint density at radius 3 is 2.35 bits per heavy atom. The van der Waals surface area contributed by atoms with Crippen LogP contribution in [0.1, 0.15) is 53.0 Å². The molecule has 0 aromatic heterocycles. The minimum atomic E-state index is -0.0837. The van der Waals surface area contributed by atoms with E-state index in [9.17, 15) is 9.59 Å². The molecule has 0 unspecified atom stereocenters. The number of likely N-dealkylation sites (tertiary alicyclic amines) is 1. The molecule has 4 heteroatoms. The number of nitrogens with zero attached hydrogens (tertiary/aromatic N) is 1. The van der Waals surface area contributed by atoms with Crippen molar-refractivity contribution in [1.29, 1.82) is 0 Å². The van der Waals surface area contributed by atoms with Crippen molar-refractivity contribution in [2.45, 2.75) is 38.8 Å². The van der Waals surface area contributed by atoms with E-state index in [1.165, 1.54) is 0 Å². The van der Waals surface area contributed by atoms with Gasteiger partial charge in [0.15, 0.2) is 5.78 Å². The lowest BCUT2D eigenvalue weighted by Gasteiger charge is -2.34. The van der Waals surface area contributed by atoms with Crippen molar-refractivity contribution in [1.82, 2.24) is 10.2 Å². The molecular formula is C22H24N2O2. The van der Waals surface area contributed by atoms with Crippen LogP contribution in [-0.2, 0) is 0 Å². The third-order valence-corrected chi connectivity index (χ3v) is 5.58. The topological polar surface area (TPSA) is 49.4 Å². The second kappa shape index (κ2) is 6.69. The molecule has 1 N–H and O–H groups in total. The summed E-state index contributed by atoms with van der Waals surface area (Å²) in [4.78, 5) is 27.7. The van der Waals surface area contributed by atoms with E-state index >= 15 is 0 Å². The molecular weight excluding hydrogens is 324 g/mol. The maximum atomic E-state index is 12.7. The Morgan fingerprint density at radius 1 is 1.00 bits per heavy atom. The molecule has 2 aromatic rings. The molecule has 134 valence electrons. The van der Waals surface area contributed by atoms with Crippen molar-refractivity contribution >= 4 is 11.7 Å². The predicted octanol–water partition coefficient (Wildman–Crippen LogP) is 3.50. The highest BCUT2D eigenvalue weighted by molar-refractivity contribution is 6.22. The number of piperidine rings is 1. The molecule has 1 heterocycles. The van der Waals surface area contributed by atoms with Gasteiger partial charge in [-0.3, -0.25) is 9.59 Å². The second-order valence-electron chi connectivity index (χ2n) is 7.51. The van der Waals surface area contributed by atoms with Crippen LogP contribution >= 0.6 is 0 Å². The SMILES string of the molecule is CC(C)N1CCC(NC(=O)c2ccc3c(c2)C(=O)c2ccccc2-3)CC1. The Kier molecular flexibility index (Phi) is 4.37. The van der Waals surface area contributed by atoms with E-state index in [2.05, 4.69) is 24.1 Å². The van der Waals surface area contributed by atoms with Gasteiger partial charge < -0.3 is 10.2 Å². The molecule has 1 fully saturated rings. The molecule has 2 aliphatic rings. The fourth-order valence-corrected chi connectivity index (χ4v) is 4.00. The summed E-state index contributed by atoms with van der Waals surface area (Å²) in [6, 6.07) is 13.8. The fourth-order valence-electron chi connectivity index (χ4n) is 4.00. The van der Waals surface area contributed by atoms with Crippen molar-refractivity contribution in [3.05, 3.63) is 59.2 Å². The average Bonchev–Trinajstić information content (AvgIpc) is 2.94. The normalized spacial score (nSPS) is 17.3. The molecule has 1 saturated heterocycles. The van der Waals surface area contributed by atoms with Crippen LogP contribution < -0.4 is 5.32 Å². The van der Waals surface area contributed by atoms with Gasteiger partial charge in [-0.15, -0.1) is 0 Å². The summed E-state index contributed by atoms with van der Waals surface area (Å²) in [7, 11) is 0. The minimum absolute atomic E-state index is 0.00971. The highest BCUT2D eigenvalue weighted by atomic mass is 16.1. The molecule has 0 saturated carbocycles. The quantitative estimate of drug-likeness (QED) is 0.788. The molecule has 0 radical (unpaired) electrons. The summed E-state index contributed by atoms with van der Waals surface area (Å²) in [6.07, 6.45) is 1.94. The number of rotatable bonds is 3. The number of hydrogen-bond donors (Lipinski definition) is 1. The van der Waals surface area contributed by atoms with Crippen LogP contribution in [0.15, 0.2) is 42.5 Å². The summed E-state index contributed by atoms with van der Waals surface area (Å²) in [5, 5.41) is 3.14. The van der Waals surface area contributed by atoms with Crippen molar-refractivity contribution in [2.75, 3.05) is 13.1 Å². The van der Waals surface area contributed by atoms with Gasteiger partial charge in [0.05, 0.1) is 0 Å². The lowest BCUT2D eigenvalue weighted by atomic mass is 10.0. The maximum Gasteiger partial charge on any atom is 0.251 e. The van der Waals surface area contributed by atoms with Crippen LogP contribution in [0.4, 0.5) is 0 Å². The second-order valence-corrected chi connectivity index (χ2v) is 7.51. The smallest absolute Gasteiger partial charge is 0.251 e. The Labute approximate surface area is 154 Å². The zero-order valence-electron chi connectivity index (χ0n) is 15.3. The first-order valence-electron chi connectivity index (χ1n) is 9.37. The maximum absolute atomic E-state index is 12.7. The third-order valence-electron chi connectivity index (χ3n) is 5.58. The average molecular weight is 348 g/mol. The molecule has 0 bridgehead atoms. The number of carbonyl (C=O) groups is 2. The Hall–Kier alpha value is -2.46. The van der Waals surface area contributed by atoms with Gasteiger partial charge in [0, 0.05) is 41.9 Å². The lowest BCUT2D eigenvalue weighted by molar-refractivity contribution is 0.0900.